The minimum atomic E-state index is -0.250. The van der Waals surface area contributed by atoms with Crippen LogP contribution in [0.2, 0.25) is 0 Å². The Balaban J connectivity index is 1.45. The zero-order valence-corrected chi connectivity index (χ0v) is 17.8. The Labute approximate surface area is 183 Å². The van der Waals surface area contributed by atoms with Gasteiger partial charge in [0, 0.05) is 22.0 Å². The number of halogens is 1. The van der Waals surface area contributed by atoms with Crippen molar-refractivity contribution in [3.63, 3.8) is 0 Å². The fourth-order valence-electron chi connectivity index (χ4n) is 4.46. The van der Waals surface area contributed by atoms with Crippen LogP contribution in [0.1, 0.15) is 35.4 Å². The van der Waals surface area contributed by atoms with E-state index < -0.39 is 0 Å². The van der Waals surface area contributed by atoms with Gasteiger partial charge in [-0.3, -0.25) is 0 Å². The standard InChI is InChI=1S/C26H19BrN2O/c27-21-9-5-8-20(15-21)26-29-24(22-10-3-4-11-25(22)30-26)16-23(28-29)19-13-12-17-6-1-2-7-18(17)14-19/h1-15,24,26H,16H2. The highest BCUT2D eigenvalue weighted by Crippen LogP contribution is 2.47. The van der Waals surface area contributed by atoms with E-state index in [0.717, 1.165) is 27.9 Å². The highest BCUT2D eigenvalue weighted by Gasteiger charge is 2.40. The molecular weight excluding hydrogens is 436 g/mol. The first kappa shape index (κ1) is 17.7. The normalized spacial score (nSPS) is 19.8. The zero-order chi connectivity index (χ0) is 20.1. The van der Waals surface area contributed by atoms with Gasteiger partial charge in [-0.25, -0.2) is 5.01 Å². The second-order valence-electron chi connectivity index (χ2n) is 7.77. The maximum Gasteiger partial charge on any atom is 0.213 e. The lowest BCUT2D eigenvalue weighted by atomic mass is 9.95. The molecule has 146 valence electrons. The van der Waals surface area contributed by atoms with Gasteiger partial charge in [0.1, 0.15) is 5.75 Å². The third-order valence-electron chi connectivity index (χ3n) is 5.92. The summed E-state index contributed by atoms with van der Waals surface area (Å²) < 4.78 is 7.48. The molecule has 0 radical (unpaired) electrons. The van der Waals surface area contributed by atoms with Gasteiger partial charge >= 0.3 is 0 Å². The van der Waals surface area contributed by atoms with E-state index in [9.17, 15) is 0 Å². The summed E-state index contributed by atoms with van der Waals surface area (Å²) >= 11 is 3.59. The van der Waals surface area contributed by atoms with Crippen LogP contribution in [0.5, 0.6) is 5.75 Å². The average molecular weight is 455 g/mol. The largest absolute Gasteiger partial charge is 0.464 e. The Hall–Kier alpha value is -3.11. The van der Waals surface area contributed by atoms with E-state index in [4.69, 9.17) is 9.84 Å². The molecule has 2 atom stereocenters. The van der Waals surface area contributed by atoms with E-state index in [1.807, 2.05) is 18.2 Å². The van der Waals surface area contributed by atoms with Crippen molar-refractivity contribution >= 4 is 32.4 Å². The Bertz CT molecular complexity index is 1300. The summed E-state index contributed by atoms with van der Waals surface area (Å²) in [5, 5.41) is 9.70. The molecule has 0 fully saturated rings. The molecule has 4 aromatic carbocycles. The highest BCUT2D eigenvalue weighted by atomic mass is 79.9. The Kier molecular flexibility index (Phi) is 4.13. The van der Waals surface area contributed by atoms with Gasteiger partial charge in [-0.2, -0.15) is 5.10 Å². The number of hydrazone groups is 1. The first-order valence-corrected chi connectivity index (χ1v) is 10.9. The van der Waals surface area contributed by atoms with E-state index in [1.54, 1.807) is 0 Å². The van der Waals surface area contributed by atoms with Crippen LogP contribution in [0.3, 0.4) is 0 Å². The van der Waals surface area contributed by atoms with Crippen molar-refractivity contribution in [1.29, 1.82) is 0 Å². The second kappa shape index (κ2) is 6.99. The van der Waals surface area contributed by atoms with Crippen molar-refractivity contribution in [3.05, 3.63) is 112 Å². The SMILES string of the molecule is Brc1cccc(C2Oc3ccccc3C3CC(c4ccc5ccccc5c4)=NN32)c1. The van der Waals surface area contributed by atoms with Gasteiger partial charge in [-0.1, -0.05) is 82.7 Å². The van der Waals surface area contributed by atoms with Gasteiger partial charge in [-0.05, 0) is 40.6 Å². The van der Waals surface area contributed by atoms with Gasteiger partial charge in [0.25, 0.3) is 0 Å². The topological polar surface area (TPSA) is 24.8 Å². The van der Waals surface area contributed by atoms with Crippen molar-refractivity contribution in [3.8, 4) is 5.75 Å². The van der Waals surface area contributed by atoms with Gasteiger partial charge < -0.3 is 4.74 Å². The molecule has 0 saturated carbocycles. The van der Waals surface area contributed by atoms with Crippen LogP contribution < -0.4 is 4.74 Å². The fourth-order valence-corrected chi connectivity index (χ4v) is 4.87. The van der Waals surface area contributed by atoms with Crippen molar-refractivity contribution < 1.29 is 4.74 Å². The van der Waals surface area contributed by atoms with Crippen molar-refractivity contribution in [2.45, 2.75) is 18.7 Å². The minimum absolute atomic E-state index is 0.167. The second-order valence-corrected chi connectivity index (χ2v) is 8.69. The number of ether oxygens (including phenoxy) is 1. The number of benzene rings is 4. The fraction of sp³-hybridized carbons (Fsp3) is 0.115. The monoisotopic (exact) mass is 454 g/mol. The molecule has 2 heterocycles. The maximum atomic E-state index is 6.44. The highest BCUT2D eigenvalue weighted by molar-refractivity contribution is 9.10. The van der Waals surface area contributed by atoms with E-state index >= 15 is 0 Å². The quantitative estimate of drug-likeness (QED) is 0.331. The first-order chi connectivity index (χ1) is 14.8. The molecule has 30 heavy (non-hydrogen) atoms. The molecule has 0 spiro atoms. The zero-order valence-electron chi connectivity index (χ0n) is 16.2. The summed E-state index contributed by atoms with van der Waals surface area (Å²) in [7, 11) is 0. The van der Waals surface area contributed by atoms with E-state index in [-0.39, 0.29) is 12.3 Å². The van der Waals surface area contributed by atoms with Crippen molar-refractivity contribution in [2.24, 2.45) is 5.10 Å². The third-order valence-corrected chi connectivity index (χ3v) is 6.41. The summed E-state index contributed by atoms with van der Waals surface area (Å²) in [6, 6.07) is 31.9. The molecule has 3 nitrogen and oxygen atoms in total. The van der Waals surface area contributed by atoms with Crippen molar-refractivity contribution in [1.82, 2.24) is 5.01 Å². The summed E-state index contributed by atoms with van der Waals surface area (Å²) in [5.74, 6) is 0.943. The Morgan fingerprint density at radius 3 is 2.57 bits per heavy atom. The summed E-state index contributed by atoms with van der Waals surface area (Å²) in [6.45, 7) is 0. The Morgan fingerprint density at radius 2 is 1.67 bits per heavy atom. The molecular formula is C26H19BrN2O. The predicted octanol–water partition coefficient (Wildman–Crippen LogP) is 6.84. The number of hydrogen-bond donors (Lipinski definition) is 0. The molecule has 0 aliphatic carbocycles. The molecule has 0 saturated heterocycles. The van der Waals surface area contributed by atoms with Gasteiger partial charge in [0.2, 0.25) is 6.23 Å². The molecule has 0 aromatic heterocycles. The van der Waals surface area contributed by atoms with Crippen LogP contribution in [-0.4, -0.2) is 10.7 Å². The number of nitrogens with zero attached hydrogens (tertiary/aromatic N) is 2. The van der Waals surface area contributed by atoms with E-state index in [1.165, 1.54) is 21.9 Å². The number of fused-ring (bicyclic) bond motifs is 4. The average Bonchev–Trinajstić information content (AvgIpc) is 3.24. The lowest BCUT2D eigenvalue weighted by Gasteiger charge is -2.38. The number of rotatable bonds is 2. The van der Waals surface area contributed by atoms with Gasteiger partial charge in [0.15, 0.2) is 0 Å². The molecule has 4 aromatic rings. The van der Waals surface area contributed by atoms with Crippen molar-refractivity contribution in [2.75, 3.05) is 0 Å². The molecule has 0 N–H and O–H groups in total. The van der Waals surface area contributed by atoms with Gasteiger partial charge in [0.05, 0.1) is 11.8 Å². The molecule has 0 bridgehead atoms. The van der Waals surface area contributed by atoms with E-state index in [2.05, 4.69) is 93.7 Å². The lowest BCUT2D eigenvalue weighted by Crippen LogP contribution is -2.33. The smallest absolute Gasteiger partial charge is 0.213 e. The minimum Gasteiger partial charge on any atom is -0.464 e. The number of hydrogen-bond acceptors (Lipinski definition) is 3. The van der Waals surface area contributed by atoms with Crippen LogP contribution in [0.4, 0.5) is 0 Å². The van der Waals surface area contributed by atoms with Crippen LogP contribution in [0, 0.1) is 0 Å². The van der Waals surface area contributed by atoms with E-state index in [0.29, 0.717) is 0 Å². The van der Waals surface area contributed by atoms with Crippen LogP contribution in [0.25, 0.3) is 10.8 Å². The summed E-state index contributed by atoms with van der Waals surface area (Å²) in [6.07, 6.45) is 0.615. The molecule has 6 rings (SSSR count). The van der Waals surface area contributed by atoms with Crippen LogP contribution in [-0.2, 0) is 0 Å². The molecule has 0 amide bonds. The molecule has 2 aliphatic heterocycles. The summed E-state index contributed by atoms with van der Waals surface area (Å²) in [4.78, 5) is 0. The third kappa shape index (κ3) is 2.91. The number of para-hydroxylation sites is 1. The maximum absolute atomic E-state index is 6.44. The first-order valence-electron chi connectivity index (χ1n) is 10.1. The molecule has 4 heteroatoms. The van der Waals surface area contributed by atoms with Crippen LogP contribution >= 0.6 is 15.9 Å². The molecule has 2 unspecified atom stereocenters. The molecule has 2 aliphatic rings. The van der Waals surface area contributed by atoms with Crippen LogP contribution in [0.15, 0.2) is 101 Å². The van der Waals surface area contributed by atoms with Gasteiger partial charge in [-0.15, -0.1) is 0 Å². The lowest BCUT2D eigenvalue weighted by molar-refractivity contribution is -0.0190. The predicted molar refractivity (Wildman–Crippen MR) is 124 cm³/mol. The Morgan fingerprint density at radius 1 is 0.833 bits per heavy atom. The summed E-state index contributed by atoms with van der Waals surface area (Å²) in [5.41, 5.74) is 4.57.